The Morgan fingerprint density at radius 3 is 2.96 bits per heavy atom. The van der Waals surface area contributed by atoms with E-state index in [9.17, 15) is 4.79 Å². The van der Waals surface area contributed by atoms with Crippen molar-refractivity contribution in [3.05, 3.63) is 58.0 Å². The maximum absolute atomic E-state index is 13.1. The minimum Gasteiger partial charge on any atom is -0.489 e. The van der Waals surface area contributed by atoms with E-state index in [-0.39, 0.29) is 5.78 Å². The molecule has 0 saturated heterocycles. The van der Waals surface area contributed by atoms with Gasteiger partial charge in [-0.1, -0.05) is 18.7 Å². The van der Waals surface area contributed by atoms with Crippen molar-refractivity contribution in [1.82, 2.24) is 0 Å². The van der Waals surface area contributed by atoms with Crippen LogP contribution in [0.15, 0.2) is 30.9 Å². The predicted octanol–water partition coefficient (Wildman–Crippen LogP) is 4.31. The molecule has 1 heterocycles. The molecule has 0 radical (unpaired) electrons. The van der Waals surface area contributed by atoms with Crippen LogP contribution in [0, 0.1) is 6.92 Å². The second-order valence-corrected chi connectivity index (χ2v) is 7.02. The molecule has 0 spiro atoms. The predicted molar refractivity (Wildman–Crippen MR) is 95.7 cm³/mol. The average Bonchev–Trinajstić information content (AvgIpc) is 2.88. The highest BCUT2D eigenvalue weighted by atomic mass is 32.1. The number of hydrogen-bond acceptors (Lipinski definition) is 4. The van der Waals surface area contributed by atoms with Gasteiger partial charge in [-0.25, -0.2) is 0 Å². The molecule has 0 aliphatic heterocycles. The Labute approximate surface area is 140 Å². The van der Waals surface area contributed by atoms with Crippen LogP contribution in [-0.4, -0.2) is 12.4 Å². The molecule has 0 atom stereocenters. The third-order valence-electron chi connectivity index (χ3n) is 4.16. The fourth-order valence-corrected chi connectivity index (χ4v) is 4.21. The van der Waals surface area contributed by atoms with Crippen molar-refractivity contribution in [3.63, 3.8) is 0 Å². The topological polar surface area (TPSA) is 52.3 Å². The minimum atomic E-state index is -0.0269. The molecule has 3 rings (SSSR count). The Morgan fingerprint density at radius 2 is 2.17 bits per heavy atom. The number of thiophene rings is 1. The van der Waals surface area contributed by atoms with E-state index >= 15 is 0 Å². The van der Waals surface area contributed by atoms with E-state index in [0.717, 1.165) is 30.4 Å². The van der Waals surface area contributed by atoms with Gasteiger partial charge in [0.05, 0.1) is 16.1 Å². The van der Waals surface area contributed by atoms with Gasteiger partial charge in [-0.3, -0.25) is 4.79 Å². The quantitative estimate of drug-likeness (QED) is 0.657. The third-order valence-corrected chi connectivity index (χ3v) is 5.28. The number of ether oxygens (including phenoxy) is 1. The van der Waals surface area contributed by atoms with Gasteiger partial charge >= 0.3 is 0 Å². The number of benzene rings is 1. The SMILES string of the molecule is C=CCOc1cc(C)ccc1C(=O)c1c(N)sc2c1CCCC2. The number of ketones is 1. The number of fused-ring (bicyclic) bond motifs is 1. The summed E-state index contributed by atoms with van der Waals surface area (Å²) in [5.41, 5.74) is 9.66. The van der Waals surface area contributed by atoms with Crippen LogP contribution in [0.4, 0.5) is 5.00 Å². The average molecular weight is 327 g/mol. The van der Waals surface area contributed by atoms with E-state index < -0.39 is 0 Å². The number of carbonyl (C=O) groups excluding carboxylic acids is 1. The zero-order valence-electron chi connectivity index (χ0n) is 13.4. The standard InChI is InChI=1S/C19H21NO2S/c1-3-10-22-15-11-12(2)8-9-13(15)18(21)17-14-6-4-5-7-16(14)23-19(17)20/h3,8-9,11H,1,4-7,10,20H2,2H3. The molecule has 2 N–H and O–H groups in total. The van der Waals surface area contributed by atoms with E-state index in [2.05, 4.69) is 6.58 Å². The lowest BCUT2D eigenvalue weighted by Gasteiger charge is -2.14. The van der Waals surface area contributed by atoms with Crippen molar-refractivity contribution in [2.45, 2.75) is 32.6 Å². The summed E-state index contributed by atoms with van der Waals surface area (Å²) in [6, 6.07) is 5.66. The van der Waals surface area contributed by atoms with Crippen molar-refractivity contribution in [2.75, 3.05) is 12.3 Å². The monoisotopic (exact) mass is 327 g/mol. The van der Waals surface area contributed by atoms with E-state index in [1.54, 1.807) is 17.4 Å². The number of aryl methyl sites for hydroxylation is 2. The normalized spacial score (nSPS) is 13.4. The molecule has 4 heteroatoms. The largest absolute Gasteiger partial charge is 0.489 e. The van der Waals surface area contributed by atoms with Crippen LogP contribution in [0.25, 0.3) is 0 Å². The molecule has 3 nitrogen and oxygen atoms in total. The van der Waals surface area contributed by atoms with Gasteiger partial charge in [-0.2, -0.15) is 0 Å². The number of rotatable bonds is 5. The van der Waals surface area contributed by atoms with Gasteiger partial charge < -0.3 is 10.5 Å². The van der Waals surface area contributed by atoms with Crippen LogP contribution in [0.3, 0.4) is 0 Å². The molecule has 120 valence electrons. The molecule has 1 aromatic heterocycles. The summed E-state index contributed by atoms with van der Waals surface area (Å²) in [5.74, 6) is 0.575. The van der Waals surface area contributed by atoms with Gasteiger partial charge in [0, 0.05) is 4.88 Å². The van der Waals surface area contributed by atoms with Crippen molar-refractivity contribution in [2.24, 2.45) is 0 Å². The minimum absolute atomic E-state index is 0.0269. The van der Waals surface area contributed by atoms with Gasteiger partial charge in [-0.15, -0.1) is 11.3 Å². The number of hydrogen-bond donors (Lipinski definition) is 1. The molecule has 1 aliphatic rings. The van der Waals surface area contributed by atoms with Crippen molar-refractivity contribution < 1.29 is 9.53 Å². The molecular weight excluding hydrogens is 306 g/mol. The first-order valence-electron chi connectivity index (χ1n) is 7.91. The van der Waals surface area contributed by atoms with Crippen molar-refractivity contribution in [1.29, 1.82) is 0 Å². The first-order valence-corrected chi connectivity index (χ1v) is 8.72. The fraction of sp³-hybridized carbons (Fsp3) is 0.316. The summed E-state index contributed by atoms with van der Waals surface area (Å²) in [5, 5.41) is 0.636. The highest BCUT2D eigenvalue weighted by Crippen LogP contribution is 2.38. The summed E-state index contributed by atoms with van der Waals surface area (Å²) >= 11 is 1.57. The zero-order valence-corrected chi connectivity index (χ0v) is 14.2. The lowest BCUT2D eigenvalue weighted by atomic mass is 9.91. The highest BCUT2D eigenvalue weighted by Gasteiger charge is 2.26. The van der Waals surface area contributed by atoms with Gasteiger partial charge in [-0.05, 0) is 55.9 Å². The third kappa shape index (κ3) is 3.04. The van der Waals surface area contributed by atoms with Crippen LogP contribution in [0.2, 0.25) is 0 Å². The van der Waals surface area contributed by atoms with Crippen LogP contribution in [0.5, 0.6) is 5.75 Å². The molecule has 0 saturated carbocycles. The summed E-state index contributed by atoms with van der Waals surface area (Å²) < 4.78 is 5.69. The van der Waals surface area contributed by atoms with Crippen molar-refractivity contribution in [3.8, 4) is 5.75 Å². The lowest BCUT2D eigenvalue weighted by Crippen LogP contribution is -2.11. The maximum Gasteiger partial charge on any atom is 0.199 e. The summed E-state index contributed by atoms with van der Waals surface area (Å²) in [6.45, 7) is 6.02. The maximum atomic E-state index is 13.1. The molecular formula is C19H21NO2S. The molecule has 0 fully saturated rings. The van der Waals surface area contributed by atoms with Gasteiger partial charge in [0.2, 0.25) is 0 Å². The summed E-state index contributed by atoms with van der Waals surface area (Å²) in [7, 11) is 0. The number of anilines is 1. The van der Waals surface area contributed by atoms with Gasteiger partial charge in [0.25, 0.3) is 0 Å². The first kappa shape index (κ1) is 15.8. The smallest absolute Gasteiger partial charge is 0.199 e. The first-order chi connectivity index (χ1) is 11.1. The van der Waals surface area contributed by atoms with Gasteiger partial charge in [0.1, 0.15) is 12.4 Å². The molecule has 0 unspecified atom stereocenters. The van der Waals surface area contributed by atoms with E-state index in [4.69, 9.17) is 10.5 Å². The van der Waals surface area contributed by atoms with E-state index in [1.807, 2.05) is 25.1 Å². The highest BCUT2D eigenvalue weighted by molar-refractivity contribution is 7.16. The molecule has 0 bridgehead atoms. The number of nitrogen functional groups attached to an aromatic ring is 1. The molecule has 0 amide bonds. The Bertz CT molecular complexity index is 761. The zero-order chi connectivity index (χ0) is 16.4. The number of carbonyl (C=O) groups is 1. The summed E-state index contributed by atoms with van der Waals surface area (Å²) in [4.78, 5) is 14.4. The Kier molecular flexibility index (Phi) is 4.53. The Balaban J connectivity index is 2.04. The molecule has 2 aromatic rings. The second kappa shape index (κ2) is 6.59. The molecule has 1 aromatic carbocycles. The van der Waals surface area contributed by atoms with Crippen LogP contribution < -0.4 is 10.5 Å². The number of nitrogens with two attached hydrogens (primary N) is 1. The lowest BCUT2D eigenvalue weighted by molar-refractivity contribution is 0.103. The molecule has 1 aliphatic carbocycles. The fourth-order valence-electron chi connectivity index (χ4n) is 3.06. The van der Waals surface area contributed by atoms with Crippen LogP contribution in [0.1, 0.15) is 44.8 Å². The summed E-state index contributed by atoms with van der Waals surface area (Å²) in [6.07, 6.45) is 5.96. The van der Waals surface area contributed by atoms with Gasteiger partial charge in [0.15, 0.2) is 5.78 Å². The Hall–Kier alpha value is -2.07. The van der Waals surface area contributed by atoms with Crippen LogP contribution in [-0.2, 0) is 12.8 Å². The Morgan fingerprint density at radius 1 is 1.39 bits per heavy atom. The van der Waals surface area contributed by atoms with Crippen molar-refractivity contribution >= 4 is 22.1 Å². The molecule has 23 heavy (non-hydrogen) atoms. The second-order valence-electron chi connectivity index (χ2n) is 5.88. The van der Waals surface area contributed by atoms with E-state index in [0.29, 0.717) is 28.5 Å². The van der Waals surface area contributed by atoms with E-state index in [1.165, 1.54) is 11.3 Å². The van der Waals surface area contributed by atoms with Crippen LogP contribution >= 0.6 is 11.3 Å².